The predicted octanol–water partition coefficient (Wildman–Crippen LogP) is 2.45. The van der Waals surface area contributed by atoms with Gasteiger partial charge in [-0.3, -0.25) is 4.79 Å². The van der Waals surface area contributed by atoms with Gasteiger partial charge in [0.25, 0.3) is 0 Å². The van der Waals surface area contributed by atoms with Gasteiger partial charge in [0.05, 0.1) is 27.1 Å². The Bertz CT molecular complexity index is 927. The van der Waals surface area contributed by atoms with E-state index in [0.717, 1.165) is 10.9 Å². The number of rotatable bonds is 7. The van der Waals surface area contributed by atoms with Crippen molar-refractivity contribution in [1.29, 1.82) is 0 Å². The zero-order chi connectivity index (χ0) is 20.1. The molecule has 4 nitrogen and oxygen atoms in total. The van der Waals surface area contributed by atoms with Crippen molar-refractivity contribution in [1.82, 2.24) is 5.32 Å². The van der Waals surface area contributed by atoms with Gasteiger partial charge < -0.3 is 15.1 Å². The molecule has 3 aromatic carbocycles. The molecule has 0 heterocycles. The van der Waals surface area contributed by atoms with Crippen molar-refractivity contribution in [3.05, 3.63) is 77.9 Å². The van der Waals surface area contributed by atoms with Crippen molar-refractivity contribution in [3.63, 3.8) is 0 Å². The summed E-state index contributed by atoms with van der Waals surface area (Å²) in [6.45, 7) is 0.618. The van der Waals surface area contributed by atoms with Crippen molar-refractivity contribution < 1.29 is 9.69 Å². The average Bonchev–Trinajstić information content (AvgIpc) is 2.68. The Morgan fingerprint density at radius 1 is 0.964 bits per heavy atom. The molecule has 146 valence electrons. The van der Waals surface area contributed by atoms with E-state index in [-0.39, 0.29) is 11.9 Å². The summed E-state index contributed by atoms with van der Waals surface area (Å²) in [5.41, 5.74) is 3.48. The summed E-state index contributed by atoms with van der Waals surface area (Å²) in [5.74, 6) is 0.0625. The fourth-order valence-corrected chi connectivity index (χ4v) is 3.56. The van der Waals surface area contributed by atoms with Gasteiger partial charge in [0.1, 0.15) is 6.04 Å². The Labute approximate surface area is 167 Å². The molecule has 3 rings (SSSR count). The SMILES string of the molecule is CN(C)c1ccc([C@H](CNC(=O)Cc2cccc3ccccc23)[NH+](C)C)cc1. The van der Waals surface area contributed by atoms with Crippen LogP contribution in [0.4, 0.5) is 5.69 Å². The highest BCUT2D eigenvalue weighted by atomic mass is 16.1. The van der Waals surface area contributed by atoms with E-state index in [9.17, 15) is 4.79 Å². The van der Waals surface area contributed by atoms with Gasteiger partial charge in [0.15, 0.2) is 0 Å². The lowest BCUT2D eigenvalue weighted by Gasteiger charge is -2.23. The number of likely N-dealkylation sites (N-methyl/N-ethyl adjacent to an activating group) is 1. The first-order valence-electron chi connectivity index (χ1n) is 9.76. The quantitative estimate of drug-likeness (QED) is 0.665. The molecule has 28 heavy (non-hydrogen) atoms. The largest absolute Gasteiger partial charge is 0.378 e. The summed E-state index contributed by atoms with van der Waals surface area (Å²) >= 11 is 0. The van der Waals surface area contributed by atoms with Crippen LogP contribution in [-0.4, -0.2) is 40.6 Å². The molecule has 0 unspecified atom stereocenters. The maximum atomic E-state index is 12.6. The molecular weight excluding hydrogens is 346 g/mol. The van der Waals surface area contributed by atoms with Crippen molar-refractivity contribution in [2.24, 2.45) is 0 Å². The van der Waals surface area contributed by atoms with Gasteiger partial charge in [-0.1, -0.05) is 54.6 Å². The zero-order valence-electron chi connectivity index (χ0n) is 17.2. The lowest BCUT2D eigenvalue weighted by molar-refractivity contribution is -0.890. The number of amides is 1. The van der Waals surface area contributed by atoms with Crippen molar-refractivity contribution in [2.75, 3.05) is 39.6 Å². The number of carbonyl (C=O) groups excluding carboxylic acids is 1. The van der Waals surface area contributed by atoms with E-state index in [1.807, 2.05) is 38.4 Å². The molecule has 1 amide bonds. The van der Waals surface area contributed by atoms with Crippen LogP contribution in [0.25, 0.3) is 10.8 Å². The summed E-state index contributed by atoms with van der Waals surface area (Å²) in [5, 5.41) is 5.46. The number of fused-ring (bicyclic) bond motifs is 1. The number of anilines is 1. The van der Waals surface area contributed by atoms with Crippen LogP contribution in [0.15, 0.2) is 66.7 Å². The third-order valence-electron chi connectivity index (χ3n) is 5.24. The molecule has 0 aliphatic rings. The van der Waals surface area contributed by atoms with Crippen molar-refractivity contribution >= 4 is 22.4 Å². The van der Waals surface area contributed by atoms with Crippen LogP contribution in [-0.2, 0) is 11.2 Å². The molecule has 0 bridgehead atoms. The minimum absolute atomic E-state index is 0.0625. The van der Waals surface area contributed by atoms with E-state index in [1.54, 1.807) is 0 Å². The highest BCUT2D eigenvalue weighted by Crippen LogP contribution is 2.19. The number of quaternary nitrogens is 1. The van der Waals surface area contributed by atoms with E-state index in [0.29, 0.717) is 13.0 Å². The van der Waals surface area contributed by atoms with E-state index >= 15 is 0 Å². The number of benzene rings is 3. The molecule has 0 radical (unpaired) electrons. The lowest BCUT2D eigenvalue weighted by atomic mass is 10.0. The van der Waals surface area contributed by atoms with E-state index < -0.39 is 0 Å². The normalized spacial score (nSPS) is 12.2. The third kappa shape index (κ3) is 4.70. The predicted molar refractivity (Wildman–Crippen MR) is 117 cm³/mol. The van der Waals surface area contributed by atoms with Gasteiger partial charge in [-0.05, 0) is 28.5 Å². The smallest absolute Gasteiger partial charge is 0.224 e. The standard InChI is InChI=1S/C24H29N3O/c1-26(2)21-14-12-19(13-15-21)23(27(3)4)17-25-24(28)16-20-10-7-9-18-8-5-6-11-22(18)20/h5-15,23H,16-17H2,1-4H3,(H,25,28)/p+1/t23-/m0/s1. The molecule has 0 saturated carbocycles. The third-order valence-corrected chi connectivity index (χ3v) is 5.24. The number of carbonyl (C=O) groups is 1. The van der Waals surface area contributed by atoms with E-state index in [1.165, 1.54) is 21.5 Å². The average molecular weight is 377 g/mol. The summed E-state index contributed by atoms with van der Waals surface area (Å²) in [6, 6.07) is 23.1. The topological polar surface area (TPSA) is 36.8 Å². The van der Waals surface area contributed by atoms with Gasteiger partial charge in [-0.15, -0.1) is 0 Å². The van der Waals surface area contributed by atoms with Gasteiger partial charge in [0, 0.05) is 25.3 Å². The molecule has 1 atom stereocenters. The summed E-state index contributed by atoms with van der Waals surface area (Å²) < 4.78 is 0. The van der Waals surface area contributed by atoms with Crippen LogP contribution in [0, 0.1) is 0 Å². The number of nitrogens with one attached hydrogen (secondary N) is 2. The van der Waals surface area contributed by atoms with Crippen LogP contribution in [0.1, 0.15) is 17.2 Å². The monoisotopic (exact) mass is 376 g/mol. The van der Waals surface area contributed by atoms with Crippen LogP contribution >= 0.6 is 0 Å². The summed E-state index contributed by atoms with van der Waals surface area (Å²) in [4.78, 5) is 16.0. The molecule has 0 fully saturated rings. The second-order valence-electron chi connectivity index (χ2n) is 7.74. The highest BCUT2D eigenvalue weighted by Gasteiger charge is 2.19. The molecule has 0 aromatic heterocycles. The Hall–Kier alpha value is -2.85. The molecule has 0 aliphatic carbocycles. The number of hydrogen-bond acceptors (Lipinski definition) is 2. The van der Waals surface area contributed by atoms with Gasteiger partial charge >= 0.3 is 0 Å². The fraction of sp³-hybridized carbons (Fsp3) is 0.292. The molecule has 4 heteroatoms. The maximum absolute atomic E-state index is 12.6. The fourth-order valence-electron chi connectivity index (χ4n) is 3.56. The first-order valence-corrected chi connectivity index (χ1v) is 9.76. The Balaban J connectivity index is 1.67. The maximum Gasteiger partial charge on any atom is 0.224 e. The zero-order valence-corrected chi connectivity index (χ0v) is 17.2. The van der Waals surface area contributed by atoms with Gasteiger partial charge in [-0.25, -0.2) is 0 Å². The highest BCUT2D eigenvalue weighted by molar-refractivity contribution is 5.90. The first kappa shape index (κ1) is 19.9. The first-order chi connectivity index (χ1) is 13.5. The van der Waals surface area contributed by atoms with Crippen LogP contribution < -0.4 is 15.1 Å². The second-order valence-corrected chi connectivity index (χ2v) is 7.74. The number of hydrogen-bond donors (Lipinski definition) is 2. The minimum Gasteiger partial charge on any atom is -0.378 e. The molecular formula is C24H30N3O+. The summed E-state index contributed by atoms with van der Waals surface area (Å²) in [6.07, 6.45) is 0.399. The molecule has 0 saturated heterocycles. The van der Waals surface area contributed by atoms with E-state index in [4.69, 9.17) is 0 Å². The second kappa shape index (κ2) is 8.89. The van der Waals surface area contributed by atoms with Crippen LogP contribution in [0.5, 0.6) is 0 Å². The van der Waals surface area contributed by atoms with Gasteiger partial charge in [-0.2, -0.15) is 0 Å². The van der Waals surface area contributed by atoms with E-state index in [2.05, 4.69) is 66.8 Å². The van der Waals surface area contributed by atoms with Crippen molar-refractivity contribution in [3.8, 4) is 0 Å². The minimum atomic E-state index is 0.0625. The Kier molecular flexibility index (Phi) is 6.32. The lowest BCUT2D eigenvalue weighted by Crippen LogP contribution is -3.07. The van der Waals surface area contributed by atoms with Crippen LogP contribution in [0.3, 0.4) is 0 Å². The van der Waals surface area contributed by atoms with Crippen LogP contribution in [0.2, 0.25) is 0 Å². The summed E-state index contributed by atoms with van der Waals surface area (Å²) in [7, 11) is 8.33. The molecule has 2 N–H and O–H groups in total. The van der Waals surface area contributed by atoms with Crippen molar-refractivity contribution in [2.45, 2.75) is 12.5 Å². The molecule has 3 aromatic rings. The molecule has 0 spiro atoms. The number of nitrogens with zero attached hydrogens (tertiary/aromatic N) is 1. The molecule has 0 aliphatic heterocycles. The Morgan fingerprint density at radius 3 is 2.32 bits per heavy atom. The Morgan fingerprint density at radius 2 is 1.64 bits per heavy atom. The van der Waals surface area contributed by atoms with Gasteiger partial charge in [0.2, 0.25) is 5.91 Å².